The summed E-state index contributed by atoms with van der Waals surface area (Å²) in [5.74, 6) is 1.49. The zero-order valence-corrected chi connectivity index (χ0v) is 16.7. The lowest BCUT2D eigenvalue weighted by molar-refractivity contribution is -0.136. The van der Waals surface area contributed by atoms with Gasteiger partial charge in [-0.25, -0.2) is 9.97 Å². The molecule has 150 valence electrons. The molecule has 2 aliphatic rings. The number of piperazine rings is 1. The average Bonchev–Trinajstić information content (AvgIpc) is 3.49. The molecule has 1 atom stereocenters. The van der Waals surface area contributed by atoms with Crippen LogP contribution >= 0.6 is 11.3 Å². The largest absolute Gasteiger partial charge is 0.467 e. The van der Waals surface area contributed by atoms with E-state index in [0.717, 1.165) is 34.9 Å². The van der Waals surface area contributed by atoms with Crippen LogP contribution in [0.15, 0.2) is 40.6 Å². The lowest BCUT2D eigenvalue weighted by atomic mass is 10.1. The SMILES string of the molecule is O=C1CC(C(=O)N2CCN(c3ncnc4sccc34)CC2)CN1Cc1ccco1. The molecule has 0 aromatic carbocycles. The van der Waals surface area contributed by atoms with Crippen molar-refractivity contribution in [1.82, 2.24) is 19.8 Å². The Balaban J connectivity index is 1.20. The molecule has 0 aliphatic carbocycles. The second-order valence-electron chi connectivity index (χ2n) is 7.40. The molecule has 0 spiro atoms. The van der Waals surface area contributed by atoms with E-state index in [9.17, 15) is 9.59 Å². The minimum Gasteiger partial charge on any atom is -0.467 e. The number of nitrogens with zero attached hydrogens (tertiary/aromatic N) is 5. The van der Waals surface area contributed by atoms with Crippen LogP contribution in [-0.2, 0) is 16.1 Å². The van der Waals surface area contributed by atoms with Crippen molar-refractivity contribution in [3.05, 3.63) is 41.9 Å². The number of carbonyl (C=O) groups excluding carboxylic acids is 2. The minimum absolute atomic E-state index is 0.0132. The quantitative estimate of drug-likeness (QED) is 0.653. The fourth-order valence-electron chi connectivity index (χ4n) is 4.11. The first-order valence-corrected chi connectivity index (χ1v) is 10.6. The van der Waals surface area contributed by atoms with Gasteiger partial charge in [-0.1, -0.05) is 0 Å². The summed E-state index contributed by atoms with van der Waals surface area (Å²) in [5, 5.41) is 3.08. The number of anilines is 1. The van der Waals surface area contributed by atoms with Gasteiger partial charge in [0, 0.05) is 39.1 Å². The maximum atomic E-state index is 13.0. The Morgan fingerprint density at radius 1 is 1.21 bits per heavy atom. The fourth-order valence-corrected chi connectivity index (χ4v) is 4.83. The molecule has 0 radical (unpaired) electrons. The Labute approximate surface area is 171 Å². The zero-order valence-electron chi connectivity index (χ0n) is 15.9. The van der Waals surface area contributed by atoms with Crippen molar-refractivity contribution < 1.29 is 14.0 Å². The van der Waals surface area contributed by atoms with Gasteiger partial charge in [0.05, 0.1) is 24.1 Å². The van der Waals surface area contributed by atoms with Gasteiger partial charge in [0.2, 0.25) is 11.8 Å². The molecule has 3 aromatic rings. The third-order valence-corrected chi connectivity index (χ3v) is 6.44. The highest BCUT2D eigenvalue weighted by atomic mass is 32.1. The van der Waals surface area contributed by atoms with Crippen molar-refractivity contribution >= 4 is 39.2 Å². The maximum absolute atomic E-state index is 13.0. The van der Waals surface area contributed by atoms with E-state index in [1.165, 1.54) is 0 Å². The number of aromatic nitrogens is 2. The Morgan fingerprint density at radius 2 is 2.07 bits per heavy atom. The smallest absolute Gasteiger partial charge is 0.228 e. The molecule has 2 amide bonds. The summed E-state index contributed by atoms with van der Waals surface area (Å²) in [6.07, 6.45) is 3.48. The number of fused-ring (bicyclic) bond motifs is 1. The molecule has 5 rings (SSSR count). The molecule has 2 aliphatic heterocycles. The van der Waals surface area contributed by atoms with Gasteiger partial charge in [-0.2, -0.15) is 0 Å². The van der Waals surface area contributed by atoms with Gasteiger partial charge in [0.15, 0.2) is 0 Å². The van der Waals surface area contributed by atoms with Crippen LogP contribution in [0.4, 0.5) is 5.82 Å². The van der Waals surface area contributed by atoms with Crippen molar-refractivity contribution in [2.24, 2.45) is 5.92 Å². The Hall–Kier alpha value is -2.94. The monoisotopic (exact) mass is 411 g/mol. The van der Waals surface area contributed by atoms with Gasteiger partial charge in [-0.15, -0.1) is 11.3 Å². The van der Waals surface area contributed by atoms with Crippen molar-refractivity contribution in [3.8, 4) is 0 Å². The first kappa shape index (κ1) is 18.1. The van der Waals surface area contributed by atoms with Crippen LogP contribution in [0.2, 0.25) is 0 Å². The first-order chi connectivity index (χ1) is 14.2. The summed E-state index contributed by atoms with van der Waals surface area (Å²) < 4.78 is 5.33. The summed E-state index contributed by atoms with van der Waals surface area (Å²) in [5.41, 5.74) is 0. The van der Waals surface area contributed by atoms with E-state index in [1.54, 1.807) is 34.9 Å². The van der Waals surface area contributed by atoms with E-state index in [1.807, 2.05) is 22.4 Å². The minimum atomic E-state index is -0.272. The molecule has 2 saturated heterocycles. The lowest BCUT2D eigenvalue weighted by Gasteiger charge is -2.36. The van der Waals surface area contributed by atoms with Crippen molar-refractivity contribution in [2.75, 3.05) is 37.6 Å². The van der Waals surface area contributed by atoms with Crippen LogP contribution in [0.1, 0.15) is 12.2 Å². The fraction of sp³-hybridized carbons (Fsp3) is 0.400. The average molecular weight is 411 g/mol. The van der Waals surface area contributed by atoms with Gasteiger partial charge in [-0.3, -0.25) is 9.59 Å². The van der Waals surface area contributed by atoms with Crippen molar-refractivity contribution in [1.29, 1.82) is 0 Å². The molecule has 3 aromatic heterocycles. The number of thiophene rings is 1. The standard InChI is InChI=1S/C20H21N5O3S/c26-17-10-14(11-25(17)12-15-2-1-8-28-15)20(27)24-6-4-23(5-7-24)18-16-3-9-29-19(16)22-13-21-18/h1-3,8-9,13-14H,4-7,10-12H2. The third kappa shape index (κ3) is 3.46. The molecule has 8 nitrogen and oxygen atoms in total. The second-order valence-corrected chi connectivity index (χ2v) is 8.30. The van der Waals surface area contributed by atoms with E-state index in [2.05, 4.69) is 14.9 Å². The third-order valence-electron chi connectivity index (χ3n) is 5.62. The number of hydrogen-bond donors (Lipinski definition) is 0. The molecule has 0 bridgehead atoms. The van der Waals surface area contributed by atoms with Gasteiger partial charge in [0.1, 0.15) is 22.7 Å². The lowest BCUT2D eigenvalue weighted by Crippen LogP contribution is -2.51. The number of likely N-dealkylation sites (tertiary alicyclic amines) is 1. The Kier molecular flexibility index (Phi) is 4.67. The van der Waals surface area contributed by atoms with Crippen LogP contribution in [-0.4, -0.2) is 64.3 Å². The summed E-state index contributed by atoms with van der Waals surface area (Å²) in [4.78, 5) is 40.9. The van der Waals surface area contributed by atoms with Crippen LogP contribution in [0.25, 0.3) is 10.2 Å². The van der Waals surface area contributed by atoms with E-state index in [-0.39, 0.29) is 24.2 Å². The molecule has 2 fully saturated rings. The highest BCUT2D eigenvalue weighted by Gasteiger charge is 2.37. The number of rotatable bonds is 4. The number of amides is 2. The number of carbonyl (C=O) groups is 2. The molecule has 29 heavy (non-hydrogen) atoms. The predicted octanol–water partition coefficient (Wildman–Crippen LogP) is 1.98. The highest BCUT2D eigenvalue weighted by molar-refractivity contribution is 7.16. The van der Waals surface area contributed by atoms with Crippen molar-refractivity contribution in [2.45, 2.75) is 13.0 Å². The Morgan fingerprint density at radius 3 is 2.86 bits per heavy atom. The molecule has 5 heterocycles. The van der Waals surface area contributed by atoms with E-state index in [0.29, 0.717) is 26.2 Å². The van der Waals surface area contributed by atoms with E-state index >= 15 is 0 Å². The molecule has 0 N–H and O–H groups in total. The summed E-state index contributed by atoms with van der Waals surface area (Å²) in [6, 6.07) is 5.70. The summed E-state index contributed by atoms with van der Waals surface area (Å²) in [6.45, 7) is 3.61. The normalized spacial score (nSPS) is 20.1. The maximum Gasteiger partial charge on any atom is 0.228 e. The van der Waals surface area contributed by atoms with Crippen LogP contribution in [0.5, 0.6) is 0 Å². The molecule has 9 heteroatoms. The predicted molar refractivity (Wildman–Crippen MR) is 108 cm³/mol. The topological polar surface area (TPSA) is 82.8 Å². The summed E-state index contributed by atoms with van der Waals surface area (Å²) >= 11 is 1.60. The number of furan rings is 1. The zero-order chi connectivity index (χ0) is 19.8. The van der Waals surface area contributed by atoms with Crippen LogP contribution in [0, 0.1) is 5.92 Å². The Bertz CT molecular complexity index is 1030. The van der Waals surface area contributed by atoms with Gasteiger partial charge in [-0.05, 0) is 23.6 Å². The summed E-state index contributed by atoms with van der Waals surface area (Å²) in [7, 11) is 0. The molecular weight excluding hydrogens is 390 g/mol. The highest BCUT2D eigenvalue weighted by Crippen LogP contribution is 2.28. The molecule has 1 unspecified atom stereocenters. The second kappa shape index (κ2) is 7.47. The van der Waals surface area contributed by atoms with Gasteiger partial charge < -0.3 is 19.1 Å². The van der Waals surface area contributed by atoms with E-state index in [4.69, 9.17) is 4.42 Å². The van der Waals surface area contributed by atoms with E-state index < -0.39 is 0 Å². The molecular formula is C20H21N5O3S. The van der Waals surface area contributed by atoms with Gasteiger partial charge in [0.25, 0.3) is 0 Å². The van der Waals surface area contributed by atoms with Crippen LogP contribution in [0.3, 0.4) is 0 Å². The number of hydrogen-bond acceptors (Lipinski definition) is 7. The van der Waals surface area contributed by atoms with Crippen molar-refractivity contribution in [3.63, 3.8) is 0 Å². The van der Waals surface area contributed by atoms with Gasteiger partial charge >= 0.3 is 0 Å². The van der Waals surface area contributed by atoms with Crippen LogP contribution < -0.4 is 4.90 Å². The molecule has 0 saturated carbocycles. The first-order valence-electron chi connectivity index (χ1n) is 9.71.